The van der Waals surface area contributed by atoms with E-state index < -0.39 is 5.97 Å². The van der Waals surface area contributed by atoms with Gasteiger partial charge in [-0.05, 0) is 24.2 Å². The number of carboxylic acid groups (broad SMARTS) is 1. The van der Waals surface area contributed by atoms with Crippen LogP contribution in [0.3, 0.4) is 0 Å². The van der Waals surface area contributed by atoms with E-state index in [1.165, 1.54) is 0 Å². The summed E-state index contributed by atoms with van der Waals surface area (Å²) in [5, 5.41) is 8.98. The molecule has 98 valence electrons. The van der Waals surface area contributed by atoms with Gasteiger partial charge in [-0.3, -0.25) is 4.79 Å². The minimum absolute atomic E-state index is 0.126. The molecule has 0 aliphatic carbocycles. The summed E-state index contributed by atoms with van der Waals surface area (Å²) in [6.07, 6.45) is 3.08. The fourth-order valence-electron chi connectivity index (χ4n) is 3.09. The zero-order chi connectivity index (χ0) is 12.5. The van der Waals surface area contributed by atoms with Gasteiger partial charge in [0.1, 0.15) is 0 Å². The highest BCUT2D eigenvalue weighted by Gasteiger charge is 2.45. The Morgan fingerprint density at radius 1 is 1.47 bits per heavy atom. The first-order valence-corrected chi connectivity index (χ1v) is 6.37. The lowest BCUT2D eigenvalue weighted by atomic mass is 9.68. The molecule has 2 rings (SSSR count). The molecule has 2 atom stereocenters. The van der Waals surface area contributed by atoms with Crippen LogP contribution >= 0.6 is 0 Å². The first-order valence-electron chi connectivity index (χ1n) is 6.37. The molecule has 1 N–H and O–H groups in total. The topological polar surface area (TPSA) is 55.8 Å². The van der Waals surface area contributed by atoms with Crippen molar-refractivity contribution in [1.82, 2.24) is 0 Å². The summed E-state index contributed by atoms with van der Waals surface area (Å²) in [7, 11) is 0. The van der Waals surface area contributed by atoms with E-state index in [0.717, 1.165) is 32.5 Å². The lowest BCUT2D eigenvalue weighted by Crippen LogP contribution is -2.44. The van der Waals surface area contributed by atoms with Crippen molar-refractivity contribution < 1.29 is 19.4 Å². The first kappa shape index (κ1) is 12.8. The molecule has 0 bridgehead atoms. The summed E-state index contributed by atoms with van der Waals surface area (Å²) in [5.74, 6) is -0.299. The van der Waals surface area contributed by atoms with Gasteiger partial charge in [-0.25, -0.2) is 0 Å². The van der Waals surface area contributed by atoms with Gasteiger partial charge in [-0.2, -0.15) is 0 Å². The Morgan fingerprint density at radius 3 is 2.82 bits per heavy atom. The molecule has 0 aromatic carbocycles. The Balaban J connectivity index is 2.03. The van der Waals surface area contributed by atoms with Crippen LogP contribution in [0, 0.1) is 11.3 Å². The quantitative estimate of drug-likeness (QED) is 0.823. The van der Waals surface area contributed by atoms with E-state index in [4.69, 9.17) is 14.6 Å². The van der Waals surface area contributed by atoms with Gasteiger partial charge in [0, 0.05) is 19.6 Å². The standard InChI is InChI=1S/C13H22O4/c1-12(2,8-11(14)15)10-3-5-17-13(7-10)4-6-16-9-13/h10H,3-9H2,1-2H3,(H,14,15). The predicted molar refractivity (Wildman–Crippen MR) is 62.9 cm³/mol. The molecule has 4 nitrogen and oxygen atoms in total. The molecule has 2 heterocycles. The monoisotopic (exact) mass is 242 g/mol. The van der Waals surface area contributed by atoms with E-state index >= 15 is 0 Å². The highest BCUT2D eigenvalue weighted by Crippen LogP contribution is 2.44. The van der Waals surface area contributed by atoms with Crippen LogP contribution in [0.4, 0.5) is 0 Å². The Kier molecular flexibility index (Phi) is 3.46. The summed E-state index contributed by atoms with van der Waals surface area (Å²) < 4.78 is 11.3. The molecule has 2 fully saturated rings. The van der Waals surface area contributed by atoms with Crippen LogP contribution in [0.1, 0.15) is 39.5 Å². The fourth-order valence-corrected chi connectivity index (χ4v) is 3.09. The molecule has 2 saturated heterocycles. The van der Waals surface area contributed by atoms with E-state index in [2.05, 4.69) is 13.8 Å². The molecule has 17 heavy (non-hydrogen) atoms. The molecule has 0 aromatic rings. The second-order valence-corrected chi connectivity index (χ2v) is 6.08. The second kappa shape index (κ2) is 4.58. The molecule has 2 aliphatic heterocycles. The van der Waals surface area contributed by atoms with Crippen molar-refractivity contribution >= 4 is 5.97 Å². The van der Waals surface area contributed by atoms with E-state index in [1.807, 2.05) is 0 Å². The maximum Gasteiger partial charge on any atom is 0.303 e. The lowest BCUT2D eigenvalue weighted by molar-refractivity contribution is -0.145. The predicted octanol–water partition coefficient (Wildman–Crippen LogP) is 2.07. The van der Waals surface area contributed by atoms with Gasteiger partial charge < -0.3 is 14.6 Å². The van der Waals surface area contributed by atoms with Crippen molar-refractivity contribution in [2.75, 3.05) is 19.8 Å². The highest BCUT2D eigenvalue weighted by molar-refractivity contribution is 5.67. The van der Waals surface area contributed by atoms with Crippen LogP contribution in [0.15, 0.2) is 0 Å². The van der Waals surface area contributed by atoms with E-state index in [1.54, 1.807) is 0 Å². The maximum atomic E-state index is 10.9. The molecule has 2 unspecified atom stereocenters. The Bertz CT molecular complexity index is 292. The number of ether oxygens (including phenoxy) is 2. The number of aliphatic carboxylic acids is 1. The Hall–Kier alpha value is -0.610. The highest BCUT2D eigenvalue weighted by atomic mass is 16.6. The molecule has 0 amide bonds. The zero-order valence-corrected chi connectivity index (χ0v) is 10.7. The number of hydrogen-bond donors (Lipinski definition) is 1. The largest absolute Gasteiger partial charge is 0.481 e. The van der Waals surface area contributed by atoms with Gasteiger partial charge in [0.15, 0.2) is 0 Å². The van der Waals surface area contributed by atoms with Crippen molar-refractivity contribution in [3.63, 3.8) is 0 Å². The average Bonchev–Trinajstić information content (AvgIpc) is 2.64. The smallest absolute Gasteiger partial charge is 0.303 e. The number of carbonyl (C=O) groups is 1. The molecule has 0 radical (unpaired) electrons. The van der Waals surface area contributed by atoms with Crippen LogP contribution < -0.4 is 0 Å². The number of hydrogen-bond acceptors (Lipinski definition) is 3. The van der Waals surface area contributed by atoms with E-state index in [9.17, 15) is 4.79 Å². The van der Waals surface area contributed by atoms with Gasteiger partial charge in [-0.1, -0.05) is 13.8 Å². The third-order valence-electron chi connectivity index (χ3n) is 4.27. The Labute approximate surface area is 102 Å². The normalized spacial score (nSPS) is 34.1. The molecular weight excluding hydrogens is 220 g/mol. The van der Waals surface area contributed by atoms with E-state index in [-0.39, 0.29) is 17.4 Å². The van der Waals surface area contributed by atoms with Crippen molar-refractivity contribution in [1.29, 1.82) is 0 Å². The SMILES string of the molecule is CC(C)(CC(=O)O)C1CCOC2(CCOC2)C1. The summed E-state index contributed by atoms with van der Waals surface area (Å²) >= 11 is 0. The number of rotatable bonds is 3. The van der Waals surface area contributed by atoms with Crippen LogP contribution in [-0.2, 0) is 14.3 Å². The third kappa shape index (κ3) is 2.80. The zero-order valence-electron chi connectivity index (χ0n) is 10.7. The average molecular weight is 242 g/mol. The first-order chi connectivity index (χ1) is 7.94. The maximum absolute atomic E-state index is 10.9. The lowest BCUT2D eigenvalue weighted by Gasteiger charge is -2.43. The summed E-state index contributed by atoms with van der Waals surface area (Å²) in [6.45, 7) is 6.29. The van der Waals surface area contributed by atoms with Crippen LogP contribution in [0.25, 0.3) is 0 Å². The minimum atomic E-state index is -0.710. The van der Waals surface area contributed by atoms with Crippen LogP contribution in [-0.4, -0.2) is 36.5 Å². The summed E-state index contributed by atoms with van der Waals surface area (Å²) in [6, 6.07) is 0. The second-order valence-electron chi connectivity index (χ2n) is 6.08. The molecule has 2 aliphatic rings. The third-order valence-corrected chi connectivity index (χ3v) is 4.27. The van der Waals surface area contributed by atoms with E-state index in [0.29, 0.717) is 12.5 Å². The van der Waals surface area contributed by atoms with Gasteiger partial charge in [0.05, 0.1) is 18.6 Å². The van der Waals surface area contributed by atoms with Crippen molar-refractivity contribution in [3.05, 3.63) is 0 Å². The fraction of sp³-hybridized carbons (Fsp3) is 0.923. The van der Waals surface area contributed by atoms with Crippen molar-refractivity contribution in [3.8, 4) is 0 Å². The molecule has 0 aromatic heterocycles. The summed E-state index contributed by atoms with van der Waals surface area (Å²) in [4.78, 5) is 10.9. The molecule has 0 saturated carbocycles. The molecule has 1 spiro atoms. The van der Waals surface area contributed by atoms with Crippen molar-refractivity contribution in [2.45, 2.75) is 45.1 Å². The van der Waals surface area contributed by atoms with Crippen LogP contribution in [0.2, 0.25) is 0 Å². The number of carboxylic acids is 1. The van der Waals surface area contributed by atoms with Crippen molar-refractivity contribution in [2.24, 2.45) is 11.3 Å². The van der Waals surface area contributed by atoms with Gasteiger partial charge in [0.25, 0.3) is 0 Å². The summed E-state index contributed by atoms with van der Waals surface area (Å²) in [5.41, 5.74) is -0.288. The van der Waals surface area contributed by atoms with Gasteiger partial charge >= 0.3 is 5.97 Å². The molecule has 4 heteroatoms. The van der Waals surface area contributed by atoms with Gasteiger partial charge in [-0.15, -0.1) is 0 Å². The Morgan fingerprint density at radius 2 is 2.24 bits per heavy atom. The molecular formula is C13H22O4. The van der Waals surface area contributed by atoms with Crippen LogP contribution in [0.5, 0.6) is 0 Å². The minimum Gasteiger partial charge on any atom is -0.481 e. The van der Waals surface area contributed by atoms with Gasteiger partial charge in [0.2, 0.25) is 0 Å².